The van der Waals surface area contributed by atoms with Crippen LogP contribution in [0.3, 0.4) is 0 Å². The number of hydrogen-bond acceptors (Lipinski definition) is 3. The highest BCUT2D eigenvalue weighted by molar-refractivity contribution is 7.09. The fraction of sp³-hybridized carbons (Fsp3) is 0.357. The Kier molecular flexibility index (Phi) is 5.07. The number of thiazole rings is 1. The summed E-state index contributed by atoms with van der Waals surface area (Å²) in [5, 5.41) is 5.85. The molecule has 0 radical (unpaired) electrons. The maximum absolute atomic E-state index is 14.0. The molecule has 2 nitrogen and oxygen atoms in total. The molecule has 2 rings (SSSR count). The van der Waals surface area contributed by atoms with Crippen LogP contribution in [0.2, 0.25) is 5.02 Å². The Balaban J connectivity index is 2.30. The van der Waals surface area contributed by atoms with Crippen LogP contribution in [0.15, 0.2) is 17.5 Å². The molecule has 108 valence electrons. The van der Waals surface area contributed by atoms with Gasteiger partial charge < -0.3 is 5.32 Å². The summed E-state index contributed by atoms with van der Waals surface area (Å²) in [4.78, 5) is 4.36. The van der Waals surface area contributed by atoms with Gasteiger partial charge in [-0.2, -0.15) is 0 Å². The molecule has 1 aromatic heterocycles. The van der Waals surface area contributed by atoms with E-state index in [0.717, 1.165) is 22.8 Å². The van der Waals surface area contributed by atoms with E-state index in [1.165, 1.54) is 0 Å². The van der Waals surface area contributed by atoms with Crippen molar-refractivity contribution < 1.29 is 8.78 Å². The standard InChI is InChI=1S/C14H15ClF2N2S/c1-3-18-14(4-9-7-20-8(2)19-9)10-5-13(17)11(15)6-12(10)16/h5-7,14,18H,3-4H2,1-2H3. The zero-order valence-electron chi connectivity index (χ0n) is 11.2. The summed E-state index contributed by atoms with van der Waals surface area (Å²) < 4.78 is 27.6. The summed E-state index contributed by atoms with van der Waals surface area (Å²) in [5.41, 5.74) is 1.15. The molecule has 6 heteroatoms. The first kappa shape index (κ1) is 15.4. The van der Waals surface area contributed by atoms with Crippen molar-refractivity contribution >= 4 is 22.9 Å². The molecule has 0 saturated carbocycles. The van der Waals surface area contributed by atoms with Gasteiger partial charge in [0, 0.05) is 23.4 Å². The second-order valence-electron chi connectivity index (χ2n) is 4.46. The molecule has 1 unspecified atom stereocenters. The first-order valence-electron chi connectivity index (χ1n) is 6.30. The molecule has 0 spiro atoms. The highest BCUT2D eigenvalue weighted by Crippen LogP contribution is 2.26. The van der Waals surface area contributed by atoms with Gasteiger partial charge in [0.1, 0.15) is 11.6 Å². The molecule has 0 aliphatic heterocycles. The van der Waals surface area contributed by atoms with Gasteiger partial charge in [0.15, 0.2) is 0 Å². The van der Waals surface area contributed by atoms with Gasteiger partial charge in [-0.05, 0) is 25.6 Å². The Bertz CT molecular complexity index is 601. The number of benzene rings is 1. The maximum atomic E-state index is 14.0. The second kappa shape index (κ2) is 6.61. The van der Waals surface area contributed by atoms with Gasteiger partial charge in [0.25, 0.3) is 0 Å². The molecule has 0 aliphatic carbocycles. The van der Waals surface area contributed by atoms with Crippen LogP contribution < -0.4 is 5.32 Å². The summed E-state index contributed by atoms with van der Waals surface area (Å²) in [5.74, 6) is -1.12. The average molecular weight is 317 g/mol. The third kappa shape index (κ3) is 3.53. The molecular weight excluding hydrogens is 302 g/mol. The van der Waals surface area contributed by atoms with Crippen LogP contribution in [-0.4, -0.2) is 11.5 Å². The first-order valence-corrected chi connectivity index (χ1v) is 7.55. The van der Waals surface area contributed by atoms with E-state index in [0.29, 0.717) is 13.0 Å². The summed E-state index contributed by atoms with van der Waals surface area (Å²) >= 11 is 7.13. The Hall–Kier alpha value is -1.04. The lowest BCUT2D eigenvalue weighted by Crippen LogP contribution is -2.24. The number of nitrogens with zero attached hydrogens (tertiary/aromatic N) is 1. The van der Waals surface area contributed by atoms with Crippen molar-refractivity contribution in [2.45, 2.75) is 26.3 Å². The van der Waals surface area contributed by atoms with Crippen molar-refractivity contribution in [1.29, 1.82) is 0 Å². The largest absolute Gasteiger partial charge is 0.310 e. The lowest BCUT2D eigenvalue weighted by molar-refractivity contribution is 0.499. The maximum Gasteiger partial charge on any atom is 0.142 e. The molecule has 1 aromatic carbocycles. The lowest BCUT2D eigenvalue weighted by Gasteiger charge is -2.18. The minimum Gasteiger partial charge on any atom is -0.310 e. The smallest absolute Gasteiger partial charge is 0.142 e. The SMILES string of the molecule is CCNC(Cc1csc(C)n1)c1cc(F)c(Cl)cc1F. The van der Waals surface area contributed by atoms with E-state index in [-0.39, 0.29) is 16.6 Å². The molecular formula is C14H15ClF2N2S. The summed E-state index contributed by atoms with van der Waals surface area (Å²) in [6.45, 7) is 4.49. The average Bonchev–Trinajstić information content (AvgIpc) is 2.79. The van der Waals surface area contributed by atoms with Crippen molar-refractivity contribution in [3.8, 4) is 0 Å². The van der Waals surface area contributed by atoms with E-state index < -0.39 is 11.6 Å². The van der Waals surface area contributed by atoms with Crippen LogP contribution in [-0.2, 0) is 6.42 Å². The van der Waals surface area contributed by atoms with E-state index in [1.807, 2.05) is 19.2 Å². The molecule has 0 bridgehead atoms. The summed E-state index contributed by atoms with van der Waals surface area (Å²) in [6, 6.07) is 1.85. The van der Waals surface area contributed by atoms with Gasteiger partial charge in [-0.15, -0.1) is 11.3 Å². The van der Waals surface area contributed by atoms with Crippen molar-refractivity contribution in [2.24, 2.45) is 0 Å². The molecule has 2 aromatic rings. The van der Waals surface area contributed by atoms with Crippen molar-refractivity contribution in [1.82, 2.24) is 10.3 Å². The van der Waals surface area contributed by atoms with Crippen molar-refractivity contribution in [2.75, 3.05) is 6.54 Å². The highest BCUT2D eigenvalue weighted by atomic mass is 35.5. The fourth-order valence-electron chi connectivity index (χ4n) is 2.05. The van der Waals surface area contributed by atoms with Crippen LogP contribution in [0.1, 0.15) is 29.2 Å². The molecule has 0 amide bonds. The number of aryl methyl sites for hydroxylation is 1. The van der Waals surface area contributed by atoms with Gasteiger partial charge in [0.05, 0.1) is 15.7 Å². The molecule has 1 atom stereocenters. The van der Waals surface area contributed by atoms with Gasteiger partial charge in [-0.3, -0.25) is 0 Å². The Morgan fingerprint density at radius 2 is 2.10 bits per heavy atom. The van der Waals surface area contributed by atoms with Gasteiger partial charge in [-0.25, -0.2) is 13.8 Å². The van der Waals surface area contributed by atoms with E-state index in [9.17, 15) is 8.78 Å². The molecule has 0 fully saturated rings. The predicted molar refractivity (Wildman–Crippen MR) is 78.3 cm³/mol. The minimum absolute atomic E-state index is 0.203. The topological polar surface area (TPSA) is 24.9 Å². The number of nitrogens with one attached hydrogen (secondary N) is 1. The number of hydrogen-bond donors (Lipinski definition) is 1. The number of likely N-dealkylation sites (N-methyl/N-ethyl adjacent to an activating group) is 1. The number of halogens is 3. The van der Waals surface area contributed by atoms with Crippen molar-refractivity contribution in [3.63, 3.8) is 0 Å². The third-order valence-corrected chi connectivity index (χ3v) is 4.06. The first-order chi connectivity index (χ1) is 9.51. The van der Waals surface area contributed by atoms with E-state index >= 15 is 0 Å². The third-order valence-electron chi connectivity index (χ3n) is 2.95. The second-order valence-corrected chi connectivity index (χ2v) is 5.93. The highest BCUT2D eigenvalue weighted by Gasteiger charge is 2.19. The quantitative estimate of drug-likeness (QED) is 0.833. The van der Waals surface area contributed by atoms with Crippen LogP contribution in [0.4, 0.5) is 8.78 Å². The molecule has 20 heavy (non-hydrogen) atoms. The molecule has 0 aliphatic rings. The van der Waals surface area contributed by atoms with E-state index in [1.54, 1.807) is 11.3 Å². The Labute approximate surface area is 125 Å². The summed E-state index contributed by atoms with van der Waals surface area (Å²) in [6.07, 6.45) is 0.510. The molecule has 1 N–H and O–H groups in total. The van der Waals surface area contributed by atoms with Crippen molar-refractivity contribution in [3.05, 3.63) is 50.4 Å². The van der Waals surface area contributed by atoms with E-state index in [4.69, 9.17) is 11.6 Å². The van der Waals surface area contributed by atoms with Gasteiger partial charge >= 0.3 is 0 Å². The number of aromatic nitrogens is 1. The normalized spacial score (nSPS) is 12.7. The Morgan fingerprint density at radius 3 is 2.70 bits per heavy atom. The molecule has 0 saturated heterocycles. The summed E-state index contributed by atoms with van der Waals surface area (Å²) in [7, 11) is 0. The van der Waals surface area contributed by atoms with Crippen LogP contribution in [0, 0.1) is 18.6 Å². The monoisotopic (exact) mass is 316 g/mol. The fourth-order valence-corrected chi connectivity index (χ4v) is 2.83. The zero-order chi connectivity index (χ0) is 14.7. The van der Waals surface area contributed by atoms with E-state index in [2.05, 4.69) is 10.3 Å². The molecule has 1 heterocycles. The van der Waals surface area contributed by atoms with Crippen LogP contribution >= 0.6 is 22.9 Å². The zero-order valence-corrected chi connectivity index (χ0v) is 12.8. The van der Waals surface area contributed by atoms with Crippen LogP contribution in [0.5, 0.6) is 0 Å². The predicted octanol–water partition coefficient (Wildman–Crippen LogP) is 4.28. The van der Waals surface area contributed by atoms with Gasteiger partial charge in [0.2, 0.25) is 0 Å². The Morgan fingerprint density at radius 1 is 1.35 bits per heavy atom. The van der Waals surface area contributed by atoms with Crippen LogP contribution in [0.25, 0.3) is 0 Å². The number of rotatable bonds is 5. The lowest BCUT2D eigenvalue weighted by atomic mass is 10.0. The van der Waals surface area contributed by atoms with Gasteiger partial charge in [-0.1, -0.05) is 18.5 Å². The minimum atomic E-state index is -0.611.